The minimum Gasteiger partial charge on any atom is -0.489 e. The SMILES string of the molecule is CC1(C)OB(c2ncccc2OC2CC2)OC1(C)C. The van der Waals surface area contributed by atoms with E-state index in [1.165, 1.54) is 0 Å². The maximum atomic E-state index is 6.03. The molecule has 3 rings (SSSR count). The maximum Gasteiger partial charge on any atom is 0.518 e. The van der Waals surface area contributed by atoms with Crippen LogP contribution in [-0.4, -0.2) is 29.4 Å². The third-order valence-electron chi connectivity index (χ3n) is 4.09. The molecular weight excluding hydrogens is 241 g/mol. The van der Waals surface area contributed by atoms with Crippen molar-refractivity contribution in [1.82, 2.24) is 4.98 Å². The van der Waals surface area contributed by atoms with Crippen LogP contribution in [0.4, 0.5) is 0 Å². The lowest BCUT2D eigenvalue weighted by Crippen LogP contribution is -2.41. The van der Waals surface area contributed by atoms with Crippen LogP contribution in [0.15, 0.2) is 18.3 Å². The lowest BCUT2D eigenvalue weighted by molar-refractivity contribution is 0.00578. The molecule has 1 aromatic heterocycles. The minimum absolute atomic E-state index is 0.338. The van der Waals surface area contributed by atoms with Crippen LogP contribution in [0.3, 0.4) is 0 Å². The van der Waals surface area contributed by atoms with Crippen molar-refractivity contribution in [3.63, 3.8) is 0 Å². The highest BCUT2D eigenvalue weighted by atomic mass is 16.7. The predicted molar refractivity (Wildman–Crippen MR) is 73.6 cm³/mol. The van der Waals surface area contributed by atoms with Crippen LogP contribution < -0.4 is 10.3 Å². The Balaban J connectivity index is 1.86. The fourth-order valence-electron chi connectivity index (χ4n) is 2.00. The van der Waals surface area contributed by atoms with Crippen molar-refractivity contribution in [3.8, 4) is 5.75 Å². The van der Waals surface area contributed by atoms with Crippen molar-refractivity contribution < 1.29 is 14.0 Å². The molecule has 0 amide bonds. The first-order valence-corrected chi connectivity index (χ1v) is 6.86. The van der Waals surface area contributed by atoms with Crippen LogP contribution in [0, 0.1) is 0 Å². The van der Waals surface area contributed by atoms with Crippen molar-refractivity contribution >= 4 is 12.7 Å². The molecule has 2 aliphatic rings. The van der Waals surface area contributed by atoms with E-state index in [-0.39, 0.29) is 11.2 Å². The largest absolute Gasteiger partial charge is 0.518 e. The predicted octanol–water partition coefficient (Wildman–Crippen LogP) is 1.92. The highest BCUT2D eigenvalue weighted by molar-refractivity contribution is 6.62. The summed E-state index contributed by atoms with van der Waals surface area (Å²) in [5.41, 5.74) is 0.0333. The summed E-state index contributed by atoms with van der Waals surface area (Å²) in [6.07, 6.45) is 4.33. The van der Waals surface area contributed by atoms with Gasteiger partial charge in [0.25, 0.3) is 0 Å². The van der Waals surface area contributed by atoms with Gasteiger partial charge in [-0.15, -0.1) is 0 Å². The average molecular weight is 261 g/mol. The zero-order chi connectivity index (χ0) is 13.7. The molecule has 0 N–H and O–H groups in total. The maximum absolute atomic E-state index is 6.03. The topological polar surface area (TPSA) is 40.6 Å². The quantitative estimate of drug-likeness (QED) is 0.779. The number of ether oxygens (including phenoxy) is 1. The first kappa shape index (κ1) is 12.9. The van der Waals surface area contributed by atoms with Crippen LogP contribution in [-0.2, 0) is 9.31 Å². The average Bonchev–Trinajstić information content (AvgIpc) is 3.08. The van der Waals surface area contributed by atoms with Gasteiger partial charge in [-0.3, -0.25) is 4.98 Å². The fourth-order valence-corrected chi connectivity index (χ4v) is 2.00. The molecule has 19 heavy (non-hydrogen) atoms. The Morgan fingerprint density at radius 3 is 2.42 bits per heavy atom. The smallest absolute Gasteiger partial charge is 0.489 e. The molecule has 4 nitrogen and oxygen atoms in total. The summed E-state index contributed by atoms with van der Waals surface area (Å²) < 4.78 is 17.9. The molecule has 1 saturated heterocycles. The van der Waals surface area contributed by atoms with E-state index in [4.69, 9.17) is 14.0 Å². The van der Waals surface area contributed by atoms with Gasteiger partial charge in [0.1, 0.15) is 11.3 Å². The zero-order valence-electron chi connectivity index (χ0n) is 12.0. The zero-order valence-corrected chi connectivity index (χ0v) is 12.0. The summed E-state index contributed by atoms with van der Waals surface area (Å²) >= 11 is 0. The van der Waals surface area contributed by atoms with Crippen molar-refractivity contribution in [2.24, 2.45) is 0 Å². The van der Waals surface area contributed by atoms with Crippen LogP contribution >= 0.6 is 0 Å². The summed E-state index contributed by atoms with van der Waals surface area (Å²) in [5, 5.41) is 0. The van der Waals surface area contributed by atoms with E-state index in [0.29, 0.717) is 6.10 Å². The third kappa shape index (κ3) is 2.37. The number of rotatable bonds is 3. The van der Waals surface area contributed by atoms with Crippen molar-refractivity contribution in [1.29, 1.82) is 0 Å². The van der Waals surface area contributed by atoms with E-state index in [1.807, 2.05) is 39.8 Å². The molecule has 1 aromatic rings. The lowest BCUT2D eigenvalue weighted by atomic mass is 9.83. The van der Waals surface area contributed by atoms with E-state index in [9.17, 15) is 0 Å². The second kappa shape index (κ2) is 4.22. The van der Waals surface area contributed by atoms with Crippen molar-refractivity contribution in [2.75, 3.05) is 0 Å². The molecular formula is C14H20BNO3. The molecule has 0 radical (unpaired) electrons. The first-order chi connectivity index (χ1) is 8.89. The number of hydrogen-bond acceptors (Lipinski definition) is 4. The normalized spacial score (nSPS) is 24.5. The van der Waals surface area contributed by atoms with Crippen molar-refractivity contribution in [3.05, 3.63) is 18.3 Å². The van der Waals surface area contributed by atoms with Gasteiger partial charge in [0.05, 0.1) is 17.3 Å². The van der Waals surface area contributed by atoms with Gasteiger partial charge in [-0.25, -0.2) is 0 Å². The second-order valence-electron chi connectivity index (χ2n) is 6.29. The molecule has 0 atom stereocenters. The molecule has 2 heterocycles. The van der Waals surface area contributed by atoms with Gasteiger partial charge in [0.2, 0.25) is 0 Å². The Hall–Kier alpha value is -1.07. The van der Waals surface area contributed by atoms with E-state index in [0.717, 1.165) is 24.2 Å². The Morgan fingerprint density at radius 1 is 1.21 bits per heavy atom. The second-order valence-corrected chi connectivity index (χ2v) is 6.29. The molecule has 0 unspecified atom stereocenters. The van der Waals surface area contributed by atoms with E-state index < -0.39 is 7.12 Å². The van der Waals surface area contributed by atoms with Gasteiger partial charge >= 0.3 is 7.12 Å². The Labute approximate surface area is 114 Å². The summed E-state index contributed by atoms with van der Waals surface area (Å²) in [6, 6.07) is 3.82. The van der Waals surface area contributed by atoms with Crippen LogP contribution in [0.5, 0.6) is 5.75 Å². The Morgan fingerprint density at radius 2 is 1.84 bits per heavy atom. The fraction of sp³-hybridized carbons (Fsp3) is 0.643. The minimum atomic E-state index is -0.458. The van der Waals surface area contributed by atoms with Gasteiger partial charge in [0, 0.05) is 6.20 Å². The van der Waals surface area contributed by atoms with Gasteiger partial charge in [-0.1, -0.05) is 0 Å². The molecule has 102 valence electrons. The summed E-state index contributed by atoms with van der Waals surface area (Å²) in [6.45, 7) is 8.16. The number of aromatic nitrogens is 1. The molecule has 2 fully saturated rings. The summed E-state index contributed by atoms with van der Waals surface area (Å²) in [4.78, 5) is 4.40. The van der Waals surface area contributed by atoms with E-state index in [2.05, 4.69) is 4.98 Å². The number of nitrogens with zero attached hydrogens (tertiary/aromatic N) is 1. The van der Waals surface area contributed by atoms with Gasteiger partial charge in [-0.05, 0) is 52.7 Å². The molecule has 1 saturated carbocycles. The Bertz CT molecular complexity index is 469. The van der Waals surface area contributed by atoms with Crippen LogP contribution in [0.1, 0.15) is 40.5 Å². The van der Waals surface area contributed by atoms with Gasteiger partial charge < -0.3 is 14.0 Å². The summed E-state index contributed by atoms with van der Waals surface area (Å²) in [7, 11) is -0.458. The molecule has 1 aliphatic heterocycles. The number of hydrogen-bond donors (Lipinski definition) is 0. The molecule has 0 aromatic carbocycles. The van der Waals surface area contributed by atoms with E-state index in [1.54, 1.807) is 6.20 Å². The number of pyridine rings is 1. The lowest BCUT2D eigenvalue weighted by Gasteiger charge is -2.32. The standard InChI is InChI=1S/C14H20BNO3/c1-13(2)14(3,4)19-15(18-13)12-11(6-5-9-16-12)17-10-7-8-10/h5-6,9-10H,7-8H2,1-4H3. The third-order valence-corrected chi connectivity index (χ3v) is 4.09. The molecule has 1 aliphatic carbocycles. The highest BCUT2D eigenvalue weighted by Crippen LogP contribution is 2.37. The van der Waals surface area contributed by atoms with Crippen LogP contribution in [0.2, 0.25) is 0 Å². The molecule has 5 heteroatoms. The Kier molecular flexibility index (Phi) is 2.87. The van der Waals surface area contributed by atoms with Gasteiger partial charge in [0.15, 0.2) is 0 Å². The molecule has 0 spiro atoms. The first-order valence-electron chi connectivity index (χ1n) is 6.86. The van der Waals surface area contributed by atoms with Crippen LogP contribution in [0.25, 0.3) is 0 Å². The monoisotopic (exact) mass is 261 g/mol. The van der Waals surface area contributed by atoms with E-state index >= 15 is 0 Å². The molecule has 0 bridgehead atoms. The van der Waals surface area contributed by atoms with Gasteiger partial charge in [-0.2, -0.15) is 0 Å². The highest BCUT2D eigenvalue weighted by Gasteiger charge is 2.53. The van der Waals surface area contributed by atoms with Crippen molar-refractivity contribution in [2.45, 2.75) is 57.8 Å². The summed E-state index contributed by atoms with van der Waals surface area (Å²) in [5.74, 6) is 0.781.